The summed E-state index contributed by atoms with van der Waals surface area (Å²) in [5, 5.41) is 2.90. The first-order chi connectivity index (χ1) is 11.1. The van der Waals surface area contributed by atoms with Crippen LogP contribution in [0.25, 0.3) is 0 Å². The predicted octanol–water partition coefficient (Wildman–Crippen LogP) is 2.98. The third kappa shape index (κ3) is 3.01. The van der Waals surface area contributed by atoms with Crippen LogP contribution in [0.5, 0.6) is 0 Å². The van der Waals surface area contributed by atoms with Gasteiger partial charge in [-0.3, -0.25) is 4.79 Å². The number of rotatable bonds is 4. The molecule has 1 aromatic carbocycles. The number of furan rings is 1. The SMILES string of the molecule is Cc1ccoc1C(=O)N[C@H](c1ccc(F)cc1)c1nccn1C. The van der Waals surface area contributed by atoms with Crippen LogP contribution in [0.4, 0.5) is 4.39 Å². The molecule has 1 N–H and O–H groups in total. The maximum absolute atomic E-state index is 13.2. The Morgan fingerprint density at radius 3 is 2.61 bits per heavy atom. The summed E-state index contributed by atoms with van der Waals surface area (Å²) in [4.78, 5) is 16.8. The van der Waals surface area contributed by atoms with Crippen molar-refractivity contribution in [1.82, 2.24) is 14.9 Å². The quantitative estimate of drug-likeness (QED) is 0.805. The number of hydrogen-bond acceptors (Lipinski definition) is 3. The van der Waals surface area contributed by atoms with Crippen LogP contribution in [-0.2, 0) is 7.05 Å². The van der Waals surface area contributed by atoms with Crippen molar-refractivity contribution >= 4 is 5.91 Å². The highest BCUT2D eigenvalue weighted by atomic mass is 19.1. The lowest BCUT2D eigenvalue weighted by atomic mass is 10.1. The van der Waals surface area contributed by atoms with Gasteiger partial charge in [-0.1, -0.05) is 12.1 Å². The molecule has 2 aromatic heterocycles. The van der Waals surface area contributed by atoms with Crippen LogP contribution in [0.15, 0.2) is 53.4 Å². The number of aryl methyl sites for hydroxylation is 2. The molecule has 0 unspecified atom stereocenters. The van der Waals surface area contributed by atoms with Crippen molar-refractivity contribution in [2.75, 3.05) is 0 Å². The lowest BCUT2D eigenvalue weighted by molar-refractivity contribution is 0.0912. The Morgan fingerprint density at radius 2 is 2.04 bits per heavy atom. The number of carbonyl (C=O) groups is 1. The van der Waals surface area contributed by atoms with Gasteiger partial charge in [-0.05, 0) is 30.7 Å². The highest BCUT2D eigenvalue weighted by molar-refractivity contribution is 5.93. The number of hydrogen-bond donors (Lipinski definition) is 1. The molecule has 0 fully saturated rings. The van der Waals surface area contributed by atoms with Gasteiger partial charge in [-0.25, -0.2) is 9.37 Å². The summed E-state index contributed by atoms with van der Waals surface area (Å²) >= 11 is 0. The van der Waals surface area contributed by atoms with E-state index in [1.165, 1.54) is 18.4 Å². The standard InChI is InChI=1S/C17H16FN3O2/c1-11-7-10-23-15(11)17(22)20-14(16-19-8-9-21(16)2)12-3-5-13(18)6-4-12/h3-10,14H,1-2H3,(H,20,22)/t14-/m1/s1. The second kappa shape index (κ2) is 6.08. The van der Waals surface area contributed by atoms with E-state index in [-0.39, 0.29) is 17.5 Å². The van der Waals surface area contributed by atoms with Crippen molar-refractivity contribution in [1.29, 1.82) is 0 Å². The molecule has 0 aliphatic heterocycles. The Bertz CT molecular complexity index is 820. The largest absolute Gasteiger partial charge is 0.459 e. The number of benzene rings is 1. The number of nitrogens with one attached hydrogen (secondary N) is 1. The first-order valence-electron chi connectivity index (χ1n) is 7.14. The van der Waals surface area contributed by atoms with Crippen LogP contribution < -0.4 is 5.32 Å². The molecule has 0 saturated carbocycles. The summed E-state index contributed by atoms with van der Waals surface area (Å²) in [6.45, 7) is 1.80. The van der Waals surface area contributed by atoms with Crippen molar-refractivity contribution in [3.8, 4) is 0 Å². The van der Waals surface area contributed by atoms with E-state index in [0.29, 0.717) is 5.82 Å². The molecule has 0 saturated heterocycles. The molecule has 5 nitrogen and oxygen atoms in total. The molecule has 3 rings (SSSR count). The second-order valence-electron chi connectivity index (χ2n) is 5.29. The minimum Gasteiger partial charge on any atom is -0.459 e. The van der Waals surface area contributed by atoms with Crippen LogP contribution in [0.1, 0.15) is 33.5 Å². The van der Waals surface area contributed by atoms with Gasteiger partial charge in [0.05, 0.1) is 6.26 Å². The van der Waals surface area contributed by atoms with E-state index in [1.54, 1.807) is 37.5 Å². The fraction of sp³-hybridized carbons (Fsp3) is 0.176. The average molecular weight is 313 g/mol. The van der Waals surface area contributed by atoms with Gasteiger partial charge in [0.2, 0.25) is 0 Å². The number of imidazole rings is 1. The molecule has 118 valence electrons. The Morgan fingerprint density at radius 1 is 1.30 bits per heavy atom. The summed E-state index contributed by atoms with van der Waals surface area (Å²) in [5.74, 6) is 0.228. The van der Waals surface area contributed by atoms with Crippen LogP contribution in [0, 0.1) is 12.7 Å². The highest BCUT2D eigenvalue weighted by Gasteiger charge is 2.23. The van der Waals surface area contributed by atoms with Gasteiger partial charge in [0.1, 0.15) is 17.7 Å². The zero-order valence-electron chi connectivity index (χ0n) is 12.8. The van der Waals surface area contributed by atoms with Crippen LogP contribution in [-0.4, -0.2) is 15.5 Å². The van der Waals surface area contributed by atoms with E-state index in [1.807, 2.05) is 11.6 Å². The number of halogens is 1. The molecule has 2 heterocycles. The zero-order valence-corrected chi connectivity index (χ0v) is 12.8. The Hall–Kier alpha value is -2.89. The average Bonchev–Trinajstić information content (AvgIpc) is 3.14. The third-order valence-electron chi connectivity index (χ3n) is 3.66. The molecule has 3 aromatic rings. The van der Waals surface area contributed by atoms with Crippen LogP contribution >= 0.6 is 0 Å². The fourth-order valence-corrected chi connectivity index (χ4v) is 2.41. The molecule has 1 atom stereocenters. The Balaban J connectivity index is 1.96. The molecule has 0 spiro atoms. The van der Waals surface area contributed by atoms with Gasteiger partial charge >= 0.3 is 0 Å². The first kappa shape index (κ1) is 15.0. The zero-order chi connectivity index (χ0) is 16.4. The summed E-state index contributed by atoms with van der Waals surface area (Å²) in [6.07, 6.45) is 4.91. The van der Waals surface area contributed by atoms with E-state index in [9.17, 15) is 9.18 Å². The number of amides is 1. The van der Waals surface area contributed by atoms with Crippen LogP contribution in [0.2, 0.25) is 0 Å². The van der Waals surface area contributed by atoms with Crippen molar-refractivity contribution in [2.45, 2.75) is 13.0 Å². The summed E-state index contributed by atoms with van der Waals surface area (Å²) < 4.78 is 20.2. The molecule has 0 radical (unpaired) electrons. The number of carbonyl (C=O) groups excluding carboxylic acids is 1. The maximum atomic E-state index is 13.2. The molecule has 23 heavy (non-hydrogen) atoms. The van der Waals surface area contributed by atoms with E-state index in [4.69, 9.17) is 4.42 Å². The highest BCUT2D eigenvalue weighted by Crippen LogP contribution is 2.22. The van der Waals surface area contributed by atoms with Gasteiger partial charge in [-0.15, -0.1) is 0 Å². The minimum atomic E-state index is -0.507. The third-order valence-corrected chi connectivity index (χ3v) is 3.66. The summed E-state index contributed by atoms with van der Waals surface area (Å²) in [6, 6.07) is 7.19. The predicted molar refractivity (Wildman–Crippen MR) is 82.4 cm³/mol. The van der Waals surface area contributed by atoms with E-state index < -0.39 is 6.04 Å². The van der Waals surface area contributed by atoms with Gasteiger partial charge in [0, 0.05) is 25.0 Å². The summed E-state index contributed by atoms with van der Waals surface area (Å²) in [5.41, 5.74) is 1.48. The summed E-state index contributed by atoms with van der Waals surface area (Å²) in [7, 11) is 1.84. The number of aromatic nitrogens is 2. The van der Waals surface area contributed by atoms with Crippen molar-refractivity contribution < 1.29 is 13.6 Å². The smallest absolute Gasteiger partial charge is 0.288 e. The van der Waals surface area contributed by atoms with E-state index in [2.05, 4.69) is 10.3 Å². The van der Waals surface area contributed by atoms with Gasteiger partial charge in [0.15, 0.2) is 5.76 Å². The lowest BCUT2D eigenvalue weighted by Gasteiger charge is -2.18. The Labute approximate surface area is 132 Å². The molecular formula is C17H16FN3O2. The molecular weight excluding hydrogens is 297 g/mol. The maximum Gasteiger partial charge on any atom is 0.288 e. The van der Waals surface area contributed by atoms with Crippen molar-refractivity contribution in [3.63, 3.8) is 0 Å². The monoisotopic (exact) mass is 313 g/mol. The lowest BCUT2D eigenvalue weighted by Crippen LogP contribution is -2.31. The van der Waals surface area contributed by atoms with E-state index >= 15 is 0 Å². The fourth-order valence-electron chi connectivity index (χ4n) is 2.41. The normalized spacial score (nSPS) is 12.1. The topological polar surface area (TPSA) is 60.1 Å². The van der Waals surface area contributed by atoms with Crippen molar-refractivity contribution in [3.05, 3.63) is 77.5 Å². The van der Waals surface area contributed by atoms with Crippen LogP contribution in [0.3, 0.4) is 0 Å². The molecule has 0 aliphatic rings. The first-order valence-corrected chi connectivity index (χ1v) is 7.14. The molecule has 0 bridgehead atoms. The van der Waals surface area contributed by atoms with Gasteiger partial charge in [-0.2, -0.15) is 0 Å². The number of nitrogens with zero attached hydrogens (tertiary/aromatic N) is 2. The minimum absolute atomic E-state index is 0.256. The molecule has 6 heteroatoms. The van der Waals surface area contributed by atoms with Crippen molar-refractivity contribution in [2.24, 2.45) is 7.05 Å². The Kier molecular flexibility index (Phi) is 3.97. The van der Waals surface area contributed by atoms with E-state index in [0.717, 1.165) is 11.1 Å². The van der Waals surface area contributed by atoms with Gasteiger partial charge in [0.25, 0.3) is 5.91 Å². The second-order valence-corrected chi connectivity index (χ2v) is 5.29. The van der Waals surface area contributed by atoms with Gasteiger partial charge < -0.3 is 14.3 Å². The molecule has 0 aliphatic carbocycles. The molecule has 1 amide bonds.